The molecular formula is C17H31IN4O3. The number of amides is 1. The first-order valence-corrected chi connectivity index (χ1v) is 8.29. The molecule has 3 N–H and O–H groups in total. The van der Waals surface area contributed by atoms with Crippen LogP contribution in [0, 0.1) is 6.92 Å². The van der Waals surface area contributed by atoms with Crippen molar-refractivity contribution < 1.29 is 13.9 Å². The van der Waals surface area contributed by atoms with Gasteiger partial charge < -0.3 is 25.1 Å². The van der Waals surface area contributed by atoms with E-state index in [1.807, 2.05) is 27.7 Å². The Bertz CT molecular complexity index is 544. The number of guanidine groups is 1. The number of hydrogen-bond acceptors (Lipinski definition) is 4. The van der Waals surface area contributed by atoms with E-state index in [1.54, 1.807) is 13.2 Å². The van der Waals surface area contributed by atoms with E-state index in [-0.39, 0.29) is 35.5 Å². The molecule has 0 bridgehead atoms. The normalized spacial score (nSPS) is 11.6. The largest absolute Gasteiger partial charge is 0.459 e. The third-order valence-corrected chi connectivity index (χ3v) is 3.51. The number of aliphatic imine (C=N–C) groups is 1. The van der Waals surface area contributed by atoms with Gasteiger partial charge in [-0.25, -0.2) is 0 Å². The first kappa shape index (κ1) is 23.7. The fourth-order valence-electron chi connectivity index (χ4n) is 1.86. The molecule has 1 amide bonds. The molecule has 0 aromatic carbocycles. The third-order valence-electron chi connectivity index (χ3n) is 3.51. The van der Waals surface area contributed by atoms with E-state index < -0.39 is 0 Å². The van der Waals surface area contributed by atoms with E-state index in [4.69, 9.17) is 9.15 Å². The van der Waals surface area contributed by atoms with Crippen LogP contribution in [0.2, 0.25) is 0 Å². The van der Waals surface area contributed by atoms with Crippen LogP contribution in [0.3, 0.4) is 0 Å². The minimum atomic E-state index is -0.294. The predicted octanol–water partition coefficient (Wildman–Crippen LogP) is 2.31. The Balaban J connectivity index is 0.00000576. The number of furan rings is 1. The van der Waals surface area contributed by atoms with Crippen LogP contribution >= 0.6 is 24.0 Å². The van der Waals surface area contributed by atoms with E-state index in [0.717, 1.165) is 24.5 Å². The van der Waals surface area contributed by atoms with Gasteiger partial charge in [-0.15, -0.1) is 24.0 Å². The Morgan fingerprint density at radius 1 is 1.28 bits per heavy atom. The van der Waals surface area contributed by atoms with Crippen LogP contribution in [0.1, 0.15) is 43.3 Å². The van der Waals surface area contributed by atoms with E-state index >= 15 is 0 Å². The molecule has 0 fully saturated rings. The number of nitrogens with one attached hydrogen (secondary N) is 3. The summed E-state index contributed by atoms with van der Waals surface area (Å²) in [4.78, 5) is 16.4. The van der Waals surface area contributed by atoms with E-state index in [9.17, 15) is 4.79 Å². The number of carbonyl (C=O) groups is 1. The maximum Gasteiger partial charge on any atom is 0.287 e. The molecule has 1 heterocycles. The molecular weight excluding hydrogens is 435 g/mol. The van der Waals surface area contributed by atoms with Gasteiger partial charge in [0.25, 0.3) is 5.91 Å². The molecule has 1 aromatic heterocycles. The minimum Gasteiger partial charge on any atom is -0.459 e. The van der Waals surface area contributed by atoms with Crippen LogP contribution in [0.15, 0.2) is 21.7 Å². The maximum atomic E-state index is 11.9. The van der Waals surface area contributed by atoms with Gasteiger partial charge in [-0.05, 0) is 40.2 Å². The second kappa shape index (κ2) is 12.1. The molecule has 8 heteroatoms. The number of aryl methyl sites for hydroxylation is 1. The summed E-state index contributed by atoms with van der Waals surface area (Å²) in [5.74, 6) is 0.940. The molecule has 0 radical (unpaired) electrons. The second-order valence-corrected chi connectivity index (χ2v) is 6.13. The highest BCUT2D eigenvalue weighted by Crippen LogP contribution is 2.08. The second-order valence-electron chi connectivity index (χ2n) is 6.13. The van der Waals surface area contributed by atoms with Crippen LogP contribution < -0.4 is 16.0 Å². The van der Waals surface area contributed by atoms with E-state index in [1.165, 1.54) is 6.26 Å². The zero-order chi connectivity index (χ0) is 18.0. The first-order chi connectivity index (χ1) is 11.4. The summed E-state index contributed by atoms with van der Waals surface area (Å²) in [5, 5.41) is 9.28. The maximum absolute atomic E-state index is 11.9. The first-order valence-electron chi connectivity index (χ1n) is 8.29. The Labute approximate surface area is 167 Å². The van der Waals surface area contributed by atoms with Gasteiger partial charge >= 0.3 is 0 Å². The van der Waals surface area contributed by atoms with E-state index in [2.05, 4.69) is 20.9 Å². The number of rotatable bonds is 9. The van der Waals surface area contributed by atoms with Crippen LogP contribution in [-0.2, 0) is 4.74 Å². The number of methoxy groups -OCH3 is 1. The van der Waals surface area contributed by atoms with Crippen molar-refractivity contribution >= 4 is 35.8 Å². The molecule has 0 atom stereocenters. The highest BCUT2D eigenvalue weighted by atomic mass is 127. The third kappa shape index (κ3) is 9.10. The van der Waals surface area contributed by atoms with Gasteiger partial charge in [0.05, 0.1) is 18.4 Å². The summed E-state index contributed by atoms with van der Waals surface area (Å²) in [5.41, 5.74) is 0.546. The molecule has 0 saturated heterocycles. The van der Waals surface area contributed by atoms with Gasteiger partial charge in [0.2, 0.25) is 0 Å². The smallest absolute Gasteiger partial charge is 0.287 e. The molecule has 25 heavy (non-hydrogen) atoms. The van der Waals surface area contributed by atoms with Crippen molar-refractivity contribution in [1.29, 1.82) is 0 Å². The summed E-state index contributed by atoms with van der Waals surface area (Å²) < 4.78 is 10.5. The molecule has 144 valence electrons. The van der Waals surface area contributed by atoms with Crippen molar-refractivity contribution in [1.82, 2.24) is 16.0 Å². The lowest BCUT2D eigenvalue weighted by Gasteiger charge is -2.21. The Morgan fingerprint density at radius 3 is 2.52 bits per heavy atom. The summed E-state index contributed by atoms with van der Waals surface area (Å²) >= 11 is 0. The Morgan fingerprint density at radius 2 is 1.96 bits per heavy atom. The Kier molecular flexibility index (Phi) is 11.5. The van der Waals surface area contributed by atoms with Crippen LogP contribution in [-0.4, -0.2) is 50.8 Å². The van der Waals surface area contributed by atoms with Gasteiger partial charge in [0.1, 0.15) is 0 Å². The average Bonchev–Trinajstić information content (AvgIpc) is 2.98. The van der Waals surface area contributed by atoms with Crippen molar-refractivity contribution in [3.8, 4) is 0 Å². The lowest BCUT2D eigenvalue weighted by Crippen LogP contribution is -2.40. The molecule has 1 aromatic rings. The van der Waals surface area contributed by atoms with Gasteiger partial charge in [0, 0.05) is 32.3 Å². The van der Waals surface area contributed by atoms with Gasteiger partial charge in [-0.2, -0.15) is 0 Å². The number of nitrogens with zero attached hydrogens (tertiary/aromatic N) is 1. The lowest BCUT2D eigenvalue weighted by molar-refractivity contribution is 0.0310. The molecule has 0 aliphatic heterocycles. The molecule has 0 spiro atoms. The van der Waals surface area contributed by atoms with Crippen LogP contribution in [0.5, 0.6) is 0 Å². The van der Waals surface area contributed by atoms with E-state index in [0.29, 0.717) is 25.4 Å². The van der Waals surface area contributed by atoms with Crippen molar-refractivity contribution in [2.24, 2.45) is 4.99 Å². The monoisotopic (exact) mass is 466 g/mol. The molecule has 1 rings (SSSR count). The van der Waals surface area contributed by atoms with Crippen LogP contribution in [0.25, 0.3) is 0 Å². The molecule has 0 aliphatic rings. The minimum absolute atomic E-state index is 0. The van der Waals surface area contributed by atoms with Gasteiger partial charge in [-0.3, -0.25) is 9.79 Å². The molecule has 0 saturated carbocycles. The number of hydrogen-bond donors (Lipinski definition) is 3. The average molecular weight is 466 g/mol. The fourth-order valence-corrected chi connectivity index (χ4v) is 1.86. The highest BCUT2D eigenvalue weighted by Gasteiger charge is 2.15. The zero-order valence-electron chi connectivity index (χ0n) is 15.8. The molecule has 0 aliphatic carbocycles. The Hall–Kier alpha value is -1.29. The summed E-state index contributed by atoms with van der Waals surface area (Å²) in [7, 11) is 1.68. The summed E-state index contributed by atoms with van der Waals surface area (Å²) in [6.07, 6.45) is 2.30. The van der Waals surface area contributed by atoms with Crippen LogP contribution in [0.4, 0.5) is 0 Å². The number of halogens is 1. The van der Waals surface area contributed by atoms with Crippen molar-refractivity contribution in [2.45, 2.75) is 39.7 Å². The standard InChI is InChI=1S/C17H30N4O3.HI/c1-6-18-16(21-12-17(3,4)23-5)20-10-7-9-19-15(22)14-13(2)8-11-24-14;/h8,11H,6-7,9-10,12H2,1-5H3,(H,19,22)(H2,18,20,21);1H. The topological polar surface area (TPSA) is 87.9 Å². The SMILES string of the molecule is CCNC(=NCC(C)(C)OC)NCCCNC(=O)c1occc1C.I. The van der Waals surface area contributed by atoms with Gasteiger partial charge in [0.15, 0.2) is 11.7 Å². The zero-order valence-corrected chi connectivity index (χ0v) is 18.1. The number of carbonyl (C=O) groups excluding carboxylic acids is 1. The molecule has 7 nitrogen and oxygen atoms in total. The van der Waals surface area contributed by atoms with Crippen molar-refractivity contribution in [3.05, 3.63) is 23.7 Å². The predicted molar refractivity (Wildman–Crippen MR) is 111 cm³/mol. The number of ether oxygens (including phenoxy) is 1. The quantitative estimate of drug-likeness (QED) is 0.225. The highest BCUT2D eigenvalue weighted by molar-refractivity contribution is 14.0. The summed E-state index contributed by atoms with van der Waals surface area (Å²) in [6, 6.07) is 1.77. The fraction of sp³-hybridized carbons (Fsp3) is 0.647. The molecule has 0 unspecified atom stereocenters. The summed E-state index contributed by atoms with van der Waals surface area (Å²) in [6.45, 7) is 10.5. The van der Waals surface area contributed by atoms with Gasteiger partial charge in [-0.1, -0.05) is 0 Å². The van der Waals surface area contributed by atoms with Crippen molar-refractivity contribution in [2.75, 3.05) is 33.3 Å². The van der Waals surface area contributed by atoms with Crippen molar-refractivity contribution in [3.63, 3.8) is 0 Å². The lowest BCUT2D eigenvalue weighted by atomic mass is 10.1.